The van der Waals surface area contributed by atoms with Gasteiger partial charge in [-0.1, -0.05) is 23.8 Å². The van der Waals surface area contributed by atoms with Gasteiger partial charge in [0.1, 0.15) is 18.2 Å². The summed E-state index contributed by atoms with van der Waals surface area (Å²) in [6, 6.07) is 17.9. The van der Waals surface area contributed by atoms with Crippen LogP contribution in [0.2, 0.25) is 0 Å². The van der Waals surface area contributed by atoms with Gasteiger partial charge in [0.25, 0.3) is 15.9 Å². The van der Waals surface area contributed by atoms with E-state index in [1.54, 1.807) is 6.92 Å². The molecular weight excluding hydrogens is 419 g/mol. The highest BCUT2D eigenvalue weighted by molar-refractivity contribution is 7.92. The number of sulfonamides is 1. The van der Waals surface area contributed by atoms with Crippen LogP contribution in [0, 0.1) is 12.7 Å². The van der Waals surface area contributed by atoms with Crippen LogP contribution in [0.15, 0.2) is 77.7 Å². The maximum atomic E-state index is 13.0. The van der Waals surface area contributed by atoms with Gasteiger partial charge in [0.05, 0.1) is 10.9 Å². The normalized spacial score (nSPS) is 12.1. The molecule has 0 aliphatic rings. The van der Waals surface area contributed by atoms with Crippen LogP contribution in [0.1, 0.15) is 22.8 Å². The third kappa shape index (κ3) is 6.29. The zero-order valence-corrected chi connectivity index (χ0v) is 17.9. The standard InChI is InChI=1S/C23H23FN2O4S/c1-16-6-12-21(13-7-16)30-15-17(2)25-23(27)18-4-3-5-22(14-18)31(28,29)26-20-10-8-19(24)9-11-20/h3-14,17,26H,15H2,1-2H3,(H,25,27)/t17-/m1/s1. The first-order valence-electron chi connectivity index (χ1n) is 9.62. The predicted molar refractivity (Wildman–Crippen MR) is 117 cm³/mol. The zero-order valence-electron chi connectivity index (χ0n) is 17.1. The number of halogens is 1. The lowest BCUT2D eigenvalue weighted by molar-refractivity contribution is 0.0926. The van der Waals surface area contributed by atoms with Crippen molar-refractivity contribution in [2.45, 2.75) is 24.8 Å². The van der Waals surface area contributed by atoms with Gasteiger partial charge in [-0.3, -0.25) is 9.52 Å². The molecule has 0 heterocycles. The Kier molecular flexibility index (Phi) is 6.91. The first-order chi connectivity index (χ1) is 14.7. The molecule has 0 aliphatic carbocycles. The lowest BCUT2D eigenvalue weighted by Gasteiger charge is -2.16. The zero-order chi connectivity index (χ0) is 22.4. The molecule has 0 saturated carbocycles. The molecule has 0 fully saturated rings. The summed E-state index contributed by atoms with van der Waals surface area (Å²) in [6.07, 6.45) is 0. The Morgan fingerprint density at radius 3 is 2.39 bits per heavy atom. The van der Waals surface area contributed by atoms with Gasteiger partial charge in [-0.05, 0) is 68.4 Å². The molecule has 1 amide bonds. The van der Waals surface area contributed by atoms with Gasteiger partial charge in [0.2, 0.25) is 0 Å². The number of benzene rings is 3. The molecule has 0 aromatic heterocycles. The Bertz CT molecular complexity index is 1150. The first kappa shape index (κ1) is 22.3. The minimum absolute atomic E-state index is 0.0759. The van der Waals surface area contributed by atoms with E-state index in [-0.39, 0.29) is 28.8 Å². The molecule has 2 N–H and O–H groups in total. The number of carbonyl (C=O) groups is 1. The highest BCUT2D eigenvalue weighted by Crippen LogP contribution is 2.18. The quantitative estimate of drug-likeness (QED) is 0.549. The van der Waals surface area contributed by atoms with Crippen LogP contribution in [-0.2, 0) is 10.0 Å². The molecule has 6 nitrogen and oxygen atoms in total. The van der Waals surface area contributed by atoms with Crippen molar-refractivity contribution in [1.29, 1.82) is 0 Å². The summed E-state index contributed by atoms with van der Waals surface area (Å²) >= 11 is 0. The number of ether oxygens (including phenoxy) is 1. The van der Waals surface area contributed by atoms with E-state index < -0.39 is 21.7 Å². The molecule has 0 unspecified atom stereocenters. The van der Waals surface area contributed by atoms with Crippen molar-refractivity contribution in [3.05, 3.63) is 89.7 Å². The number of hydrogen-bond acceptors (Lipinski definition) is 4. The Morgan fingerprint density at radius 2 is 1.71 bits per heavy atom. The van der Waals surface area contributed by atoms with Crippen LogP contribution in [0.25, 0.3) is 0 Å². The van der Waals surface area contributed by atoms with Gasteiger partial charge >= 0.3 is 0 Å². The second-order valence-corrected chi connectivity index (χ2v) is 8.82. The van der Waals surface area contributed by atoms with Gasteiger partial charge in [0.15, 0.2) is 0 Å². The summed E-state index contributed by atoms with van der Waals surface area (Å²) in [7, 11) is -3.94. The second kappa shape index (κ2) is 9.61. The molecule has 3 rings (SSSR count). The van der Waals surface area contributed by atoms with Crippen LogP contribution in [-0.4, -0.2) is 27.0 Å². The number of amides is 1. The average molecular weight is 443 g/mol. The van der Waals surface area contributed by atoms with Crippen molar-refractivity contribution in [2.75, 3.05) is 11.3 Å². The number of hydrogen-bond donors (Lipinski definition) is 2. The van der Waals surface area contributed by atoms with Gasteiger partial charge in [0, 0.05) is 11.3 Å². The summed E-state index contributed by atoms with van der Waals surface area (Å²) in [5.74, 6) is -0.187. The molecule has 0 saturated heterocycles. The highest BCUT2D eigenvalue weighted by Gasteiger charge is 2.17. The highest BCUT2D eigenvalue weighted by atomic mass is 32.2. The number of carbonyl (C=O) groups excluding carboxylic acids is 1. The molecular formula is C23H23FN2O4S. The van der Waals surface area contributed by atoms with E-state index in [0.29, 0.717) is 5.75 Å². The summed E-state index contributed by atoms with van der Waals surface area (Å²) in [4.78, 5) is 12.5. The van der Waals surface area contributed by atoms with E-state index in [0.717, 1.165) is 17.7 Å². The van der Waals surface area contributed by atoms with Gasteiger partial charge in [-0.15, -0.1) is 0 Å². The molecule has 0 radical (unpaired) electrons. The molecule has 8 heteroatoms. The van der Waals surface area contributed by atoms with E-state index in [9.17, 15) is 17.6 Å². The van der Waals surface area contributed by atoms with Crippen LogP contribution >= 0.6 is 0 Å². The molecule has 3 aromatic carbocycles. The molecule has 31 heavy (non-hydrogen) atoms. The van der Waals surface area contributed by atoms with Crippen molar-refractivity contribution in [1.82, 2.24) is 5.32 Å². The fraction of sp³-hybridized carbons (Fsp3) is 0.174. The van der Waals surface area contributed by atoms with Crippen LogP contribution < -0.4 is 14.8 Å². The van der Waals surface area contributed by atoms with Crippen LogP contribution in [0.5, 0.6) is 5.75 Å². The number of rotatable bonds is 8. The minimum Gasteiger partial charge on any atom is -0.491 e. The van der Waals surface area contributed by atoms with Crippen molar-refractivity contribution < 1.29 is 22.3 Å². The van der Waals surface area contributed by atoms with Gasteiger partial charge in [-0.25, -0.2) is 12.8 Å². The first-order valence-corrected chi connectivity index (χ1v) is 11.1. The van der Waals surface area contributed by atoms with E-state index in [1.807, 2.05) is 31.2 Å². The summed E-state index contributed by atoms with van der Waals surface area (Å²) < 4.78 is 46.3. The number of aryl methyl sites for hydroxylation is 1. The Morgan fingerprint density at radius 1 is 1.03 bits per heavy atom. The third-order valence-electron chi connectivity index (χ3n) is 4.40. The Hall–Kier alpha value is -3.39. The molecule has 3 aromatic rings. The smallest absolute Gasteiger partial charge is 0.261 e. The van der Waals surface area contributed by atoms with Gasteiger partial charge in [-0.2, -0.15) is 0 Å². The summed E-state index contributed by atoms with van der Waals surface area (Å²) in [5.41, 5.74) is 1.54. The van der Waals surface area contributed by atoms with E-state index >= 15 is 0 Å². The van der Waals surface area contributed by atoms with Crippen LogP contribution in [0.4, 0.5) is 10.1 Å². The van der Waals surface area contributed by atoms with E-state index in [2.05, 4.69) is 10.0 Å². The Labute approximate surface area is 181 Å². The Balaban J connectivity index is 1.63. The fourth-order valence-electron chi connectivity index (χ4n) is 2.74. The van der Waals surface area contributed by atoms with Crippen LogP contribution in [0.3, 0.4) is 0 Å². The second-order valence-electron chi connectivity index (χ2n) is 7.14. The van der Waals surface area contributed by atoms with Crippen molar-refractivity contribution in [3.63, 3.8) is 0 Å². The lowest BCUT2D eigenvalue weighted by Crippen LogP contribution is -2.36. The summed E-state index contributed by atoms with van der Waals surface area (Å²) in [6.45, 7) is 4.04. The molecule has 0 bridgehead atoms. The third-order valence-corrected chi connectivity index (χ3v) is 5.78. The number of nitrogens with one attached hydrogen (secondary N) is 2. The van der Waals surface area contributed by atoms with Crippen molar-refractivity contribution in [2.24, 2.45) is 0 Å². The SMILES string of the molecule is Cc1ccc(OC[C@@H](C)NC(=O)c2cccc(S(=O)(=O)Nc3ccc(F)cc3)c2)cc1. The largest absolute Gasteiger partial charge is 0.491 e. The predicted octanol–water partition coefficient (Wildman–Crippen LogP) is 4.13. The fourth-order valence-corrected chi connectivity index (χ4v) is 3.85. The topological polar surface area (TPSA) is 84.5 Å². The van der Waals surface area contributed by atoms with E-state index in [4.69, 9.17) is 4.74 Å². The monoisotopic (exact) mass is 442 g/mol. The molecule has 0 spiro atoms. The lowest BCUT2D eigenvalue weighted by atomic mass is 10.2. The maximum Gasteiger partial charge on any atom is 0.261 e. The summed E-state index contributed by atoms with van der Waals surface area (Å²) in [5, 5.41) is 2.79. The maximum absolute atomic E-state index is 13.0. The molecule has 0 aliphatic heterocycles. The molecule has 162 valence electrons. The van der Waals surface area contributed by atoms with Crippen molar-refractivity contribution >= 4 is 21.6 Å². The number of anilines is 1. The van der Waals surface area contributed by atoms with E-state index in [1.165, 1.54) is 36.4 Å². The average Bonchev–Trinajstić information content (AvgIpc) is 2.75. The minimum atomic E-state index is -3.94. The molecule has 1 atom stereocenters. The van der Waals surface area contributed by atoms with Gasteiger partial charge < -0.3 is 10.1 Å². The van der Waals surface area contributed by atoms with Crippen molar-refractivity contribution in [3.8, 4) is 5.75 Å².